The Bertz CT molecular complexity index is 3690. The van der Waals surface area contributed by atoms with Crippen LogP contribution in [0.2, 0.25) is 0 Å². The number of nitrogens with zero attached hydrogens (tertiary/aromatic N) is 2. The minimum absolute atomic E-state index is 0.789. The normalized spacial score (nSPS) is 12.1. The van der Waals surface area contributed by atoms with Crippen molar-refractivity contribution in [3.05, 3.63) is 194 Å². The van der Waals surface area contributed by atoms with E-state index in [-0.39, 0.29) is 0 Å². The topological polar surface area (TPSA) is 47.6 Å². The summed E-state index contributed by atoms with van der Waals surface area (Å²) in [6, 6.07) is 68.3. The van der Waals surface area contributed by atoms with Gasteiger partial charge in [0.25, 0.3) is 0 Å². The first kappa shape index (κ1) is 32.1. The number of anilines is 3. The van der Waals surface area contributed by atoms with Crippen LogP contribution in [0, 0.1) is 0 Å². The highest BCUT2D eigenvalue weighted by atomic mass is 16.3. The number of hydrogen-bond donors (Lipinski definition) is 0. The van der Waals surface area contributed by atoms with Gasteiger partial charge in [0.1, 0.15) is 27.9 Å². The van der Waals surface area contributed by atoms with E-state index in [0.717, 1.165) is 111 Å². The summed E-state index contributed by atoms with van der Waals surface area (Å²) in [6.07, 6.45) is 0. The molecule has 0 spiro atoms. The molecule has 0 amide bonds. The first-order valence-corrected chi connectivity index (χ1v) is 19.9. The summed E-state index contributed by atoms with van der Waals surface area (Å²) in [4.78, 5) is 2.33. The zero-order chi connectivity index (χ0) is 38.6. The molecule has 13 rings (SSSR count). The Labute approximate surface area is 337 Å². The van der Waals surface area contributed by atoms with Crippen molar-refractivity contribution in [3.8, 4) is 16.8 Å². The third-order valence-corrected chi connectivity index (χ3v) is 12.0. The molecule has 0 aliphatic rings. The van der Waals surface area contributed by atoms with Crippen molar-refractivity contribution >= 4 is 105 Å². The zero-order valence-electron chi connectivity index (χ0n) is 31.6. The molecule has 5 heteroatoms. The lowest BCUT2D eigenvalue weighted by atomic mass is 9.96. The maximum atomic E-state index is 7.03. The fraction of sp³-hybridized carbons (Fsp3) is 0. The van der Waals surface area contributed by atoms with Crippen LogP contribution in [0.25, 0.3) is 104 Å². The van der Waals surface area contributed by atoms with Gasteiger partial charge >= 0.3 is 0 Å². The van der Waals surface area contributed by atoms with Gasteiger partial charge in [0.05, 0.1) is 28.1 Å². The summed E-state index contributed by atoms with van der Waals surface area (Å²) in [5.41, 5.74) is 13.2. The summed E-state index contributed by atoms with van der Waals surface area (Å²) < 4.78 is 22.6. The van der Waals surface area contributed by atoms with Crippen LogP contribution in [0.3, 0.4) is 0 Å². The fourth-order valence-corrected chi connectivity index (χ4v) is 9.41. The van der Waals surface area contributed by atoms with Crippen molar-refractivity contribution in [1.29, 1.82) is 0 Å². The largest absolute Gasteiger partial charge is 0.456 e. The molecule has 276 valence electrons. The predicted molar refractivity (Wildman–Crippen MR) is 243 cm³/mol. The maximum absolute atomic E-state index is 7.03. The van der Waals surface area contributed by atoms with Gasteiger partial charge in [-0.3, -0.25) is 0 Å². The van der Waals surface area contributed by atoms with Gasteiger partial charge in [-0.2, -0.15) is 0 Å². The molecule has 0 saturated carbocycles. The van der Waals surface area contributed by atoms with Crippen LogP contribution < -0.4 is 4.90 Å². The predicted octanol–water partition coefficient (Wildman–Crippen LogP) is 15.6. The highest BCUT2D eigenvalue weighted by Gasteiger charge is 2.27. The highest BCUT2D eigenvalue weighted by Crippen LogP contribution is 2.51. The third kappa shape index (κ3) is 4.67. The quantitative estimate of drug-likeness (QED) is 0.175. The SMILES string of the molecule is c1ccc(-n2c3ccccc3c3cccc(-c4ccc5c(oc6ccccc65)c4N(c4ccc5c(c4)oc4ccccc45)c4ccc5c(c4)oc4ccccc45)c32)cc1. The minimum atomic E-state index is 0.789. The second kappa shape index (κ2) is 12.2. The monoisotopic (exact) mass is 756 g/mol. The van der Waals surface area contributed by atoms with E-state index in [1.54, 1.807) is 0 Å². The van der Waals surface area contributed by atoms with Gasteiger partial charge in [0.15, 0.2) is 5.58 Å². The fourth-order valence-electron chi connectivity index (χ4n) is 9.41. The number of rotatable bonds is 5. The number of fused-ring (bicyclic) bond motifs is 12. The van der Waals surface area contributed by atoms with Crippen LogP contribution in [-0.2, 0) is 0 Å². The van der Waals surface area contributed by atoms with Crippen LogP contribution in [0.5, 0.6) is 0 Å². The third-order valence-electron chi connectivity index (χ3n) is 12.0. The summed E-state index contributed by atoms with van der Waals surface area (Å²) in [6.45, 7) is 0. The second-order valence-corrected chi connectivity index (χ2v) is 15.2. The average Bonchev–Trinajstić information content (AvgIpc) is 4.05. The van der Waals surface area contributed by atoms with Crippen LogP contribution in [0.4, 0.5) is 17.1 Å². The Balaban J connectivity index is 1.18. The number of benzene rings is 9. The zero-order valence-corrected chi connectivity index (χ0v) is 31.6. The van der Waals surface area contributed by atoms with Gasteiger partial charge in [-0.15, -0.1) is 0 Å². The Morgan fingerprint density at radius 1 is 0.339 bits per heavy atom. The van der Waals surface area contributed by atoms with Crippen molar-refractivity contribution in [3.63, 3.8) is 0 Å². The van der Waals surface area contributed by atoms with E-state index in [2.05, 4.69) is 173 Å². The molecular formula is C54H32N2O3. The molecule has 0 bridgehead atoms. The standard InChI is InChI=1S/C54H32N2O3/c1-2-13-33(14-3-1)56-46-21-8-4-15-36(46)42-19-12-20-43(52(42)56)44-29-30-45-39-18-7-11-24-49(39)59-54(45)53(44)55(34-25-27-40-37-16-5-9-22-47(37)57-50(40)31-34)35-26-28-41-38-17-6-10-23-48(38)58-51(41)32-35/h1-32H. The van der Waals surface area contributed by atoms with E-state index in [1.807, 2.05) is 30.3 Å². The molecule has 5 nitrogen and oxygen atoms in total. The van der Waals surface area contributed by atoms with Gasteiger partial charge in [0, 0.05) is 72.0 Å². The molecule has 9 aromatic carbocycles. The Kier molecular flexibility index (Phi) is 6.66. The van der Waals surface area contributed by atoms with Crippen LogP contribution in [-0.4, -0.2) is 4.57 Å². The lowest BCUT2D eigenvalue weighted by Crippen LogP contribution is -2.12. The maximum Gasteiger partial charge on any atom is 0.160 e. The molecule has 4 heterocycles. The Morgan fingerprint density at radius 2 is 0.847 bits per heavy atom. The summed E-state index contributed by atoms with van der Waals surface area (Å²) >= 11 is 0. The Morgan fingerprint density at radius 3 is 1.51 bits per heavy atom. The summed E-state index contributed by atoms with van der Waals surface area (Å²) in [5, 5.41) is 8.78. The molecule has 0 radical (unpaired) electrons. The molecule has 0 aliphatic carbocycles. The molecule has 4 aromatic heterocycles. The number of para-hydroxylation sites is 6. The smallest absolute Gasteiger partial charge is 0.160 e. The first-order valence-electron chi connectivity index (χ1n) is 19.9. The molecule has 59 heavy (non-hydrogen) atoms. The van der Waals surface area contributed by atoms with E-state index < -0.39 is 0 Å². The van der Waals surface area contributed by atoms with E-state index in [1.165, 1.54) is 10.8 Å². The molecule has 0 aliphatic heterocycles. The van der Waals surface area contributed by atoms with E-state index >= 15 is 0 Å². The van der Waals surface area contributed by atoms with Crippen molar-refractivity contribution in [2.45, 2.75) is 0 Å². The lowest BCUT2D eigenvalue weighted by Gasteiger charge is -2.28. The van der Waals surface area contributed by atoms with Gasteiger partial charge < -0.3 is 22.7 Å². The second-order valence-electron chi connectivity index (χ2n) is 15.2. The molecule has 0 fully saturated rings. The van der Waals surface area contributed by atoms with Gasteiger partial charge in [-0.25, -0.2) is 0 Å². The van der Waals surface area contributed by atoms with Crippen LogP contribution >= 0.6 is 0 Å². The lowest BCUT2D eigenvalue weighted by molar-refractivity contribution is 0.667. The number of hydrogen-bond acceptors (Lipinski definition) is 4. The first-order chi connectivity index (χ1) is 29.3. The van der Waals surface area contributed by atoms with Gasteiger partial charge in [0.2, 0.25) is 0 Å². The summed E-state index contributed by atoms with van der Waals surface area (Å²) in [7, 11) is 0. The molecule has 0 N–H and O–H groups in total. The molecular weight excluding hydrogens is 725 g/mol. The molecule has 0 saturated heterocycles. The molecule has 0 unspecified atom stereocenters. The van der Waals surface area contributed by atoms with E-state index in [0.29, 0.717) is 0 Å². The highest BCUT2D eigenvalue weighted by molar-refractivity contribution is 6.19. The van der Waals surface area contributed by atoms with Crippen molar-refractivity contribution in [1.82, 2.24) is 4.57 Å². The Hall–Kier alpha value is -8.02. The van der Waals surface area contributed by atoms with Crippen LogP contribution in [0.15, 0.2) is 207 Å². The van der Waals surface area contributed by atoms with Crippen molar-refractivity contribution in [2.24, 2.45) is 0 Å². The minimum Gasteiger partial charge on any atom is -0.456 e. The molecule has 0 atom stereocenters. The van der Waals surface area contributed by atoms with Crippen molar-refractivity contribution in [2.75, 3.05) is 4.90 Å². The van der Waals surface area contributed by atoms with Crippen LogP contribution in [0.1, 0.15) is 0 Å². The molecule has 13 aromatic rings. The number of aromatic nitrogens is 1. The number of furan rings is 3. The average molecular weight is 757 g/mol. The van der Waals surface area contributed by atoms with Crippen molar-refractivity contribution < 1.29 is 13.3 Å². The van der Waals surface area contributed by atoms with Gasteiger partial charge in [-0.05, 0) is 66.7 Å². The van der Waals surface area contributed by atoms with E-state index in [4.69, 9.17) is 13.3 Å². The van der Waals surface area contributed by atoms with Gasteiger partial charge in [-0.1, -0.05) is 115 Å². The summed E-state index contributed by atoms with van der Waals surface area (Å²) in [5.74, 6) is 0. The van der Waals surface area contributed by atoms with E-state index in [9.17, 15) is 0 Å².